The summed E-state index contributed by atoms with van der Waals surface area (Å²) in [6.07, 6.45) is 1.07. The normalized spacial score (nSPS) is 11.4. The van der Waals surface area contributed by atoms with E-state index in [2.05, 4.69) is 28.0 Å². The molecule has 0 radical (unpaired) electrons. The van der Waals surface area contributed by atoms with Crippen LogP contribution in [0.25, 0.3) is 0 Å². The number of nitrogens with zero attached hydrogens (tertiary/aromatic N) is 1. The Balaban J connectivity index is 0.00000484. The number of thioether (sulfide) groups is 1. The lowest BCUT2D eigenvalue weighted by Crippen LogP contribution is -2.34. The highest BCUT2D eigenvalue weighted by Gasteiger charge is 2.16. The Morgan fingerprint density at radius 2 is 2.09 bits per heavy atom. The van der Waals surface area contributed by atoms with Crippen LogP contribution < -0.4 is 16.0 Å². The van der Waals surface area contributed by atoms with Crippen molar-refractivity contribution < 1.29 is 14.1 Å². The van der Waals surface area contributed by atoms with Gasteiger partial charge in [0.05, 0.1) is 11.0 Å². The minimum absolute atomic E-state index is 0. The lowest BCUT2D eigenvalue weighted by atomic mass is 10.4. The Morgan fingerprint density at radius 1 is 1.35 bits per heavy atom. The third-order valence-corrected chi connectivity index (χ3v) is 3.91. The highest BCUT2D eigenvalue weighted by Crippen LogP contribution is 2.13. The van der Waals surface area contributed by atoms with E-state index in [1.807, 2.05) is 0 Å². The van der Waals surface area contributed by atoms with Crippen molar-refractivity contribution >= 4 is 41.8 Å². The summed E-state index contributed by atoms with van der Waals surface area (Å²) >= 11 is 1.28. The molecular weight excluding hydrogens is 340 g/mol. The molecular formula is C14H25ClN4O3S. The molecule has 0 aliphatic heterocycles. The summed E-state index contributed by atoms with van der Waals surface area (Å²) in [6.45, 7) is 7.89. The molecule has 23 heavy (non-hydrogen) atoms. The van der Waals surface area contributed by atoms with Crippen molar-refractivity contribution in [2.45, 2.75) is 32.4 Å². The van der Waals surface area contributed by atoms with Crippen molar-refractivity contribution in [3.05, 3.63) is 11.8 Å². The van der Waals surface area contributed by atoms with Crippen LogP contribution in [0.15, 0.2) is 10.6 Å². The van der Waals surface area contributed by atoms with Gasteiger partial charge in [-0.2, -0.15) is 0 Å². The molecule has 1 aromatic heterocycles. The molecule has 7 nitrogen and oxygen atoms in total. The number of carbonyl (C=O) groups is 2. The quantitative estimate of drug-likeness (QED) is 0.545. The number of nitrogens with one attached hydrogen (secondary N) is 3. The van der Waals surface area contributed by atoms with Crippen LogP contribution in [0, 0.1) is 6.92 Å². The van der Waals surface area contributed by atoms with Gasteiger partial charge in [-0.15, -0.1) is 24.2 Å². The second-order valence-electron chi connectivity index (χ2n) is 4.87. The van der Waals surface area contributed by atoms with Crippen LogP contribution in [-0.2, 0) is 9.59 Å². The van der Waals surface area contributed by atoms with Crippen molar-refractivity contribution in [3.8, 4) is 0 Å². The van der Waals surface area contributed by atoms with Gasteiger partial charge in [0.1, 0.15) is 5.76 Å². The zero-order valence-corrected chi connectivity index (χ0v) is 15.3. The number of aryl methyl sites for hydroxylation is 1. The average Bonchev–Trinajstić information content (AvgIpc) is 2.89. The predicted octanol–water partition coefficient (Wildman–Crippen LogP) is 1.58. The molecule has 0 spiro atoms. The monoisotopic (exact) mass is 364 g/mol. The second kappa shape index (κ2) is 12.2. The highest BCUT2D eigenvalue weighted by atomic mass is 35.5. The van der Waals surface area contributed by atoms with Gasteiger partial charge in [-0.05, 0) is 26.8 Å². The molecule has 0 fully saturated rings. The molecule has 0 saturated heterocycles. The van der Waals surface area contributed by atoms with E-state index >= 15 is 0 Å². The molecule has 0 aliphatic carbocycles. The number of rotatable bonds is 10. The standard InChI is InChI=1S/C14H24N4O3S.ClH/c1-4-5-15-6-7-16-13(19)9-22-11(3)14(20)17-12-8-10(2)21-18-12;/h8,11,15H,4-7,9H2,1-3H3,(H,16,19)(H,17,18,20);1H. The van der Waals surface area contributed by atoms with Crippen LogP contribution in [-0.4, -0.2) is 47.6 Å². The lowest BCUT2D eigenvalue weighted by molar-refractivity contribution is -0.118. The predicted molar refractivity (Wildman–Crippen MR) is 95.2 cm³/mol. The molecule has 1 rings (SSSR count). The molecule has 0 aromatic carbocycles. The van der Waals surface area contributed by atoms with Crippen molar-refractivity contribution in [2.75, 3.05) is 30.7 Å². The largest absolute Gasteiger partial charge is 0.360 e. The maximum absolute atomic E-state index is 11.9. The van der Waals surface area contributed by atoms with Crippen molar-refractivity contribution in [1.29, 1.82) is 0 Å². The van der Waals surface area contributed by atoms with Crippen LogP contribution in [0.2, 0.25) is 0 Å². The fourth-order valence-corrected chi connectivity index (χ4v) is 2.29. The van der Waals surface area contributed by atoms with E-state index in [0.29, 0.717) is 18.1 Å². The number of amides is 2. The fourth-order valence-electron chi connectivity index (χ4n) is 1.57. The summed E-state index contributed by atoms with van der Waals surface area (Å²) in [5, 5.41) is 12.0. The van der Waals surface area contributed by atoms with E-state index in [1.165, 1.54) is 11.8 Å². The molecule has 9 heteroatoms. The highest BCUT2D eigenvalue weighted by molar-refractivity contribution is 8.01. The molecule has 132 valence electrons. The Labute approximate surface area is 147 Å². The van der Waals surface area contributed by atoms with Gasteiger partial charge in [0.25, 0.3) is 0 Å². The number of hydrogen-bond acceptors (Lipinski definition) is 6. The molecule has 2 amide bonds. The zero-order valence-electron chi connectivity index (χ0n) is 13.7. The minimum atomic E-state index is -0.346. The Kier molecular flexibility index (Phi) is 11.5. The van der Waals surface area contributed by atoms with Crippen LogP contribution in [0.5, 0.6) is 0 Å². The van der Waals surface area contributed by atoms with E-state index in [9.17, 15) is 9.59 Å². The maximum Gasteiger partial charge on any atom is 0.238 e. The van der Waals surface area contributed by atoms with Gasteiger partial charge >= 0.3 is 0 Å². The first-order valence-corrected chi connectivity index (χ1v) is 8.41. The van der Waals surface area contributed by atoms with E-state index in [4.69, 9.17) is 4.52 Å². The first-order valence-electron chi connectivity index (χ1n) is 7.36. The van der Waals surface area contributed by atoms with E-state index in [1.54, 1.807) is 19.9 Å². The Bertz CT molecular complexity index is 484. The van der Waals surface area contributed by atoms with Crippen LogP contribution in [0.3, 0.4) is 0 Å². The van der Waals surface area contributed by atoms with Crippen LogP contribution in [0.1, 0.15) is 26.0 Å². The van der Waals surface area contributed by atoms with Gasteiger partial charge in [0, 0.05) is 19.2 Å². The third kappa shape index (κ3) is 9.47. The van der Waals surface area contributed by atoms with Gasteiger partial charge < -0.3 is 20.5 Å². The molecule has 0 saturated carbocycles. The lowest BCUT2D eigenvalue weighted by Gasteiger charge is -2.10. The van der Waals surface area contributed by atoms with Gasteiger partial charge in [0.2, 0.25) is 11.8 Å². The zero-order chi connectivity index (χ0) is 16.4. The summed E-state index contributed by atoms with van der Waals surface area (Å²) in [5.74, 6) is 1.00. The number of halogens is 1. The topological polar surface area (TPSA) is 96.3 Å². The average molecular weight is 365 g/mol. The SMILES string of the molecule is CCCNCCNC(=O)CSC(C)C(=O)Nc1cc(C)on1.Cl. The molecule has 0 aliphatic rings. The summed E-state index contributed by atoms with van der Waals surface area (Å²) in [4.78, 5) is 23.6. The fraction of sp³-hybridized carbons (Fsp3) is 0.643. The van der Waals surface area contributed by atoms with Crippen molar-refractivity contribution in [3.63, 3.8) is 0 Å². The van der Waals surface area contributed by atoms with Crippen LogP contribution in [0.4, 0.5) is 5.82 Å². The van der Waals surface area contributed by atoms with E-state index in [0.717, 1.165) is 19.5 Å². The number of anilines is 1. The first kappa shape index (κ1) is 21.8. The van der Waals surface area contributed by atoms with Gasteiger partial charge in [-0.3, -0.25) is 9.59 Å². The molecule has 1 unspecified atom stereocenters. The summed E-state index contributed by atoms with van der Waals surface area (Å²) < 4.78 is 4.87. The van der Waals surface area contributed by atoms with E-state index < -0.39 is 0 Å². The number of carbonyl (C=O) groups excluding carboxylic acids is 2. The Morgan fingerprint density at radius 3 is 2.70 bits per heavy atom. The van der Waals surface area contributed by atoms with Gasteiger partial charge in [-0.25, -0.2) is 0 Å². The molecule has 1 atom stereocenters. The molecule has 0 bridgehead atoms. The summed E-state index contributed by atoms with van der Waals surface area (Å²) in [6, 6.07) is 1.64. The van der Waals surface area contributed by atoms with E-state index in [-0.39, 0.29) is 35.2 Å². The van der Waals surface area contributed by atoms with Gasteiger partial charge in [0.15, 0.2) is 5.82 Å². The van der Waals surface area contributed by atoms with Crippen molar-refractivity contribution in [1.82, 2.24) is 15.8 Å². The Hall–Kier alpha value is -1.25. The molecule has 3 N–H and O–H groups in total. The summed E-state index contributed by atoms with van der Waals surface area (Å²) in [7, 11) is 0. The number of hydrogen-bond donors (Lipinski definition) is 3. The first-order chi connectivity index (χ1) is 10.5. The van der Waals surface area contributed by atoms with Crippen molar-refractivity contribution in [2.24, 2.45) is 0 Å². The summed E-state index contributed by atoms with van der Waals surface area (Å²) in [5.41, 5.74) is 0. The molecule has 1 heterocycles. The minimum Gasteiger partial charge on any atom is -0.360 e. The second-order valence-corrected chi connectivity index (χ2v) is 6.19. The van der Waals surface area contributed by atoms with Crippen LogP contribution >= 0.6 is 24.2 Å². The smallest absolute Gasteiger partial charge is 0.238 e. The number of aromatic nitrogens is 1. The molecule has 1 aromatic rings. The third-order valence-electron chi connectivity index (χ3n) is 2.76. The maximum atomic E-state index is 11.9. The van der Waals surface area contributed by atoms with Gasteiger partial charge in [-0.1, -0.05) is 12.1 Å².